The summed E-state index contributed by atoms with van der Waals surface area (Å²) in [6, 6.07) is 0.146. The van der Waals surface area contributed by atoms with E-state index < -0.39 is 0 Å². The lowest BCUT2D eigenvalue weighted by molar-refractivity contribution is -0.123. The molecule has 0 saturated carbocycles. The second-order valence-electron chi connectivity index (χ2n) is 6.52. The van der Waals surface area contributed by atoms with Gasteiger partial charge in [0, 0.05) is 12.6 Å². The molecule has 6 heteroatoms. The van der Waals surface area contributed by atoms with Crippen LogP contribution in [0.5, 0.6) is 0 Å². The molecule has 0 aromatic carbocycles. The van der Waals surface area contributed by atoms with Crippen LogP contribution < -0.4 is 11.1 Å². The van der Waals surface area contributed by atoms with Gasteiger partial charge in [-0.25, -0.2) is 0 Å². The Balaban J connectivity index is 0. The number of nitrogens with two attached hydrogens (primary N) is 1. The summed E-state index contributed by atoms with van der Waals surface area (Å²) >= 11 is 0. The lowest BCUT2D eigenvalue weighted by Crippen LogP contribution is -2.50. The standard InChI is InChI=1S/C16H33N3O.2ClH/c1-4-5-9-19-10-7-6-8-14(19)12-18-16(20)15(17)11-13(2)3;;/h13-15H,4-12,17H2,1-3H3,(H,18,20);2*1H/t14?,15-;;/m0../s1. The Labute approximate surface area is 148 Å². The van der Waals surface area contributed by atoms with Crippen LogP contribution in [0.15, 0.2) is 0 Å². The predicted octanol–water partition coefficient (Wildman–Crippen LogP) is 2.97. The Morgan fingerprint density at radius 3 is 2.59 bits per heavy atom. The molecule has 1 aliphatic heterocycles. The molecule has 1 rings (SSSR count). The first kappa shape index (κ1) is 24.2. The van der Waals surface area contributed by atoms with Crippen LogP contribution in [0.4, 0.5) is 0 Å². The zero-order valence-corrected chi connectivity index (χ0v) is 16.0. The fourth-order valence-corrected chi connectivity index (χ4v) is 2.91. The third-order valence-electron chi connectivity index (χ3n) is 4.12. The van der Waals surface area contributed by atoms with Crippen LogP contribution in [0.25, 0.3) is 0 Å². The molecule has 4 nitrogen and oxygen atoms in total. The van der Waals surface area contributed by atoms with Crippen molar-refractivity contribution in [2.24, 2.45) is 11.7 Å². The lowest BCUT2D eigenvalue weighted by atomic mass is 10.0. The summed E-state index contributed by atoms with van der Waals surface area (Å²) in [4.78, 5) is 14.5. The second kappa shape index (κ2) is 13.4. The highest BCUT2D eigenvalue weighted by molar-refractivity contribution is 5.85. The number of halogens is 2. The SMILES string of the molecule is CCCCN1CCCCC1CNC(=O)[C@@H](N)CC(C)C.Cl.Cl. The van der Waals surface area contributed by atoms with Crippen molar-refractivity contribution in [2.45, 2.75) is 71.4 Å². The maximum absolute atomic E-state index is 12.0. The molecule has 1 unspecified atom stereocenters. The molecule has 0 bridgehead atoms. The third kappa shape index (κ3) is 9.19. The molecule has 134 valence electrons. The highest BCUT2D eigenvalue weighted by atomic mass is 35.5. The number of nitrogens with zero attached hydrogens (tertiary/aromatic N) is 1. The molecule has 0 spiro atoms. The van der Waals surface area contributed by atoms with Crippen molar-refractivity contribution in [1.29, 1.82) is 0 Å². The first-order valence-electron chi connectivity index (χ1n) is 8.32. The Morgan fingerprint density at radius 1 is 1.32 bits per heavy atom. The third-order valence-corrected chi connectivity index (χ3v) is 4.12. The maximum atomic E-state index is 12.0. The lowest BCUT2D eigenvalue weighted by Gasteiger charge is -2.36. The second-order valence-corrected chi connectivity index (χ2v) is 6.52. The first-order valence-corrected chi connectivity index (χ1v) is 8.32. The van der Waals surface area contributed by atoms with E-state index in [-0.39, 0.29) is 36.8 Å². The molecule has 0 radical (unpaired) electrons. The van der Waals surface area contributed by atoms with Crippen LogP contribution in [0.1, 0.15) is 59.3 Å². The van der Waals surface area contributed by atoms with Gasteiger partial charge in [-0.05, 0) is 44.7 Å². The summed E-state index contributed by atoms with van der Waals surface area (Å²) in [5.41, 5.74) is 5.92. The summed E-state index contributed by atoms with van der Waals surface area (Å²) in [6.07, 6.45) is 7.01. The molecule has 0 aliphatic carbocycles. The Kier molecular flexibility index (Phi) is 14.8. The predicted molar refractivity (Wildman–Crippen MR) is 99.1 cm³/mol. The Bertz CT molecular complexity index is 291. The van der Waals surface area contributed by atoms with Crippen LogP contribution in [-0.4, -0.2) is 42.5 Å². The van der Waals surface area contributed by atoms with E-state index in [2.05, 4.69) is 31.0 Å². The summed E-state index contributed by atoms with van der Waals surface area (Å²) in [5.74, 6) is 0.478. The number of hydrogen-bond acceptors (Lipinski definition) is 3. The smallest absolute Gasteiger partial charge is 0.236 e. The summed E-state index contributed by atoms with van der Waals surface area (Å²) in [7, 11) is 0. The largest absolute Gasteiger partial charge is 0.353 e. The van der Waals surface area contributed by atoms with Gasteiger partial charge in [-0.1, -0.05) is 33.6 Å². The van der Waals surface area contributed by atoms with Gasteiger partial charge in [-0.2, -0.15) is 0 Å². The van der Waals surface area contributed by atoms with E-state index in [1.165, 1.54) is 38.6 Å². The number of piperidine rings is 1. The fraction of sp³-hybridized carbons (Fsp3) is 0.938. The van der Waals surface area contributed by atoms with E-state index in [9.17, 15) is 4.79 Å². The molecule has 1 aliphatic rings. The van der Waals surface area contributed by atoms with Gasteiger partial charge >= 0.3 is 0 Å². The van der Waals surface area contributed by atoms with Crippen molar-refractivity contribution in [3.8, 4) is 0 Å². The Morgan fingerprint density at radius 2 is 2.00 bits per heavy atom. The first-order chi connectivity index (χ1) is 9.54. The van der Waals surface area contributed by atoms with Gasteiger partial charge in [-0.15, -0.1) is 24.8 Å². The number of rotatable bonds is 8. The molecule has 3 N–H and O–H groups in total. The number of amides is 1. The highest BCUT2D eigenvalue weighted by Gasteiger charge is 2.23. The molecule has 1 heterocycles. The molecule has 0 aromatic rings. The molecule has 22 heavy (non-hydrogen) atoms. The van der Waals surface area contributed by atoms with E-state index in [4.69, 9.17) is 5.73 Å². The zero-order chi connectivity index (χ0) is 15.0. The van der Waals surface area contributed by atoms with Crippen LogP contribution in [0.3, 0.4) is 0 Å². The quantitative estimate of drug-likeness (QED) is 0.703. The summed E-state index contributed by atoms with van der Waals surface area (Å²) < 4.78 is 0. The van der Waals surface area contributed by atoms with Crippen LogP contribution in [0.2, 0.25) is 0 Å². The van der Waals surface area contributed by atoms with Gasteiger partial charge in [0.05, 0.1) is 6.04 Å². The van der Waals surface area contributed by atoms with E-state index in [1.54, 1.807) is 0 Å². The van der Waals surface area contributed by atoms with Gasteiger partial charge in [0.2, 0.25) is 5.91 Å². The molecular weight excluding hydrogens is 321 g/mol. The zero-order valence-electron chi connectivity index (χ0n) is 14.3. The Hall–Kier alpha value is -0.0300. The van der Waals surface area contributed by atoms with E-state index >= 15 is 0 Å². The average Bonchev–Trinajstić information content (AvgIpc) is 2.42. The van der Waals surface area contributed by atoms with Crippen LogP contribution in [-0.2, 0) is 4.79 Å². The van der Waals surface area contributed by atoms with Crippen molar-refractivity contribution in [3.05, 3.63) is 0 Å². The van der Waals surface area contributed by atoms with Crippen molar-refractivity contribution >= 4 is 30.7 Å². The maximum Gasteiger partial charge on any atom is 0.236 e. The average molecular weight is 356 g/mol. The van der Waals surface area contributed by atoms with E-state index in [1.807, 2.05) is 0 Å². The topological polar surface area (TPSA) is 58.4 Å². The fourth-order valence-electron chi connectivity index (χ4n) is 2.91. The summed E-state index contributed by atoms with van der Waals surface area (Å²) in [5, 5.41) is 3.06. The van der Waals surface area contributed by atoms with Crippen molar-refractivity contribution in [1.82, 2.24) is 10.2 Å². The normalized spacial score (nSPS) is 20.0. The molecule has 1 saturated heterocycles. The van der Waals surface area contributed by atoms with Gasteiger partial charge in [-0.3, -0.25) is 9.69 Å². The number of carbonyl (C=O) groups excluding carboxylic acids is 1. The molecule has 0 aromatic heterocycles. The summed E-state index contributed by atoms with van der Waals surface area (Å²) in [6.45, 7) is 9.52. The highest BCUT2D eigenvalue weighted by Crippen LogP contribution is 2.17. The minimum absolute atomic E-state index is 0. The van der Waals surface area contributed by atoms with Gasteiger partial charge in [0.15, 0.2) is 0 Å². The number of carbonyl (C=O) groups is 1. The molecule has 1 fully saturated rings. The molecule has 1 amide bonds. The van der Waals surface area contributed by atoms with E-state index in [0.29, 0.717) is 12.0 Å². The van der Waals surface area contributed by atoms with Crippen molar-refractivity contribution in [3.63, 3.8) is 0 Å². The number of hydrogen-bond donors (Lipinski definition) is 2. The minimum Gasteiger partial charge on any atom is -0.353 e. The number of unbranched alkanes of at least 4 members (excludes halogenated alkanes) is 1. The molecule has 2 atom stereocenters. The van der Waals surface area contributed by atoms with Crippen LogP contribution in [0, 0.1) is 5.92 Å². The van der Waals surface area contributed by atoms with Gasteiger partial charge in [0.1, 0.15) is 0 Å². The minimum atomic E-state index is -0.359. The molecular formula is C16H35Cl2N3O. The van der Waals surface area contributed by atoms with Crippen molar-refractivity contribution in [2.75, 3.05) is 19.6 Å². The van der Waals surface area contributed by atoms with Crippen LogP contribution >= 0.6 is 24.8 Å². The van der Waals surface area contributed by atoms with E-state index in [0.717, 1.165) is 19.5 Å². The van der Waals surface area contributed by atoms with Gasteiger partial charge < -0.3 is 11.1 Å². The van der Waals surface area contributed by atoms with Gasteiger partial charge in [0.25, 0.3) is 0 Å². The number of nitrogens with one attached hydrogen (secondary N) is 1. The number of likely N-dealkylation sites (tertiary alicyclic amines) is 1. The van der Waals surface area contributed by atoms with Crippen molar-refractivity contribution < 1.29 is 4.79 Å². The monoisotopic (exact) mass is 355 g/mol.